The summed E-state index contributed by atoms with van der Waals surface area (Å²) in [6, 6.07) is 2.38. The highest BCUT2D eigenvalue weighted by molar-refractivity contribution is 6.14. The van der Waals surface area contributed by atoms with Crippen LogP contribution in [0.25, 0.3) is 0 Å². The number of carbonyl (C=O) groups excluding carboxylic acids is 3. The van der Waals surface area contributed by atoms with Crippen molar-refractivity contribution in [2.24, 2.45) is 0 Å². The molecule has 6 heteroatoms. The van der Waals surface area contributed by atoms with Crippen molar-refractivity contribution < 1.29 is 14.4 Å². The topological polar surface area (TPSA) is 79.4 Å². The number of hydrogen-bond acceptors (Lipinski definition) is 4. The Morgan fingerprint density at radius 2 is 2.18 bits per heavy atom. The number of urea groups is 1. The van der Waals surface area contributed by atoms with E-state index in [9.17, 15) is 14.4 Å². The molecule has 1 aromatic heterocycles. The molecule has 6 nitrogen and oxygen atoms in total. The minimum absolute atomic E-state index is 0.295. The second-order valence-corrected chi connectivity index (χ2v) is 3.76. The molecule has 1 aliphatic heterocycles. The first-order valence-electron chi connectivity index (χ1n) is 5.15. The lowest BCUT2D eigenvalue weighted by Gasteiger charge is -2.30. The average molecular weight is 233 g/mol. The summed E-state index contributed by atoms with van der Waals surface area (Å²) in [5, 5.41) is 2.12. The molecular weight excluding hydrogens is 222 g/mol. The standard InChI is InChI=1S/C11H11N3O3/c1-7(8-3-2-4-12-6-8)14-10(16)5-9(15)13-11(14)17/h2-4,6-7H,5H2,1H3,(H,13,15,17). The molecule has 1 fully saturated rings. The molecular formula is C11H11N3O3. The van der Waals surface area contributed by atoms with Crippen LogP contribution in [0.2, 0.25) is 0 Å². The van der Waals surface area contributed by atoms with E-state index in [1.165, 1.54) is 0 Å². The normalized spacial score (nSPS) is 17.9. The lowest BCUT2D eigenvalue weighted by Crippen LogP contribution is -2.53. The molecule has 1 N–H and O–H groups in total. The fourth-order valence-electron chi connectivity index (χ4n) is 1.72. The monoisotopic (exact) mass is 233 g/mol. The van der Waals surface area contributed by atoms with E-state index in [2.05, 4.69) is 10.3 Å². The van der Waals surface area contributed by atoms with Gasteiger partial charge in [-0.2, -0.15) is 0 Å². The SMILES string of the molecule is CC(c1cccnc1)N1C(=O)CC(=O)NC1=O. The Kier molecular flexibility index (Phi) is 2.86. The minimum Gasteiger partial charge on any atom is -0.277 e. The van der Waals surface area contributed by atoms with E-state index in [0.717, 1.165) is 10.5 Å². The summed E-state index contributed by atoms with van der Waals surface area (Å²) in [5.74, 6) is -1.05. The zero-order valence-electron chi connectivity index (χ0n) is 9.21. The number of amides is 4. The molecule has 17 heavy (non-hydrogen) atoms. The van der Waals surface area contributed by atoms with Gasteiger partial charge in [-0.1, -0.05) is 6.07 Å². The van der Waals surface area contributed by atoms with E-state index >= 15 is 0 Å². The number of rotatable bonds is 2. The molecule has 88 valence electrons. The molecule has 1 unspecified atom stereocenters. The van der Waals surface area contributed by atoms with Crippen LogP contribution in [0.4, 0.5) is 4.79 Å². The second kappa shape index (κ2) is 4.32. The van der Waals surface area contributed by atoms with E-state index in [-0.39, 0.29) is 6.42 Å². The summed E-state index contributed by atoms with van der Waals surface area (Å²) < 4.78 is 0. The van der Waals surface area contributed by atoms with Crippen LogP contribution in [-0.4, -0.2) is 27.7 Å². The van der Waals surface area contributed by atoms with E-state index in [0.29, 0.717) is 0 Å². The van der Waals surface area contributed by atoms with Crippen molar-refractivity contribution in [2.45, 2.75) is 19.4 Å². The number of imide groups is 2. The zero-order valence-corrected chi connectivity index (χ0v) is 9.21. The van der Waals surface area contributed by atoms with Gasteiger partial charge in [0, 0.05) is 12.4 Å². The number of hydrogen-bond donors (Lipinski definition) is 1. The Hall–Kier alpha value is -2.24. The summed E-state index contributed by atoms with van der Waals surface area (Å²) >= 11 is 0. The lowest BCUT2D eigenvalue weighted by molar-refractivity contribution is -0.137. The van der Waals surface area contributed by atoms with Crippen molar-refractivity contribution in [2.75, 3.05) is 0 Å². The van der Waals surface area contributed by atoms with E-state index in [1.54, 1.807) is 31.5 Å². The molecule has 0 bridgehead atoms. The molecule has 1 aromatic rings. The molecule has 2 heterocycles. The number of carbonyl (C=O) groups is 3. The predicted molar refractivity (Wildman–Crippen MR) is 57.7 cm³/mol. The van der Waals surface area contributed by atoms with Gasteiger partial charge in [0.2, 0.25) is 11.8 Å². The Balaban J connectivity index is 2.25. The molecule has 2 rings (SSSR count). The highest BCUT2D eigenvalue weighted by Gasteiger charge is 2.34. The number of pyridine rings is 1. The number of aromatic nitrogens is 1. The Morgan fingerprint density at radius 1 is 1.41 bits per heavy atom. The van der Waals surface area contributed by atoms with E-state index in [1.807, 2.05) is 0 Å². The lowest BCUT2D eigenvalue weighted by atomic mass is 10.1. The minimum atomic E-state index is -0.678. The van der Waals surface area contributed by atoms with Crippen LogP contribution in [0.1, 0.15) is 24.9 Å². The van der Waals surface area contributed by atoms with Crippen molar-refractivity contribution in [3.8, 4) is 0 Å². The van der Waals surface area contributed by atoms with Gasteiger partial charge in [0.1, 0.15) is 6.42 Å². The van der Waals surface area contributed by atoms with Gasteiger partial charge in [-0.05, 0) is 18.6 Å². The molecule has 0 radical (unpaired) electrons. The van der Waals surface area contributed by atoms with Gasteiger partial charge in [0.05, 0.1) is 6.04 Å². The molecule has 0 saturated carbocycles. The van der Waals surface area contributed by atoms with Crippen LogP contribution in [0.3, 0.4) is 0 Å². The fraction of sp³-hybridized carbons (Fsp3) is 0.273. The first-order valence-corrected chi connectivity index (χ1v) is 5.15. The van der Waals surface area contributed by atoms with Crippen molar-refractivity contribution >= 4 is 17.8 Å². The Morgan fingerprint density at radius 3 is 2.76 bits per heavy atom. The second-order valence-electron chi connectivity index (χ2n) is 3.76. The summed E-state index contributed by atoms with van der Waals surface area (Å²) in [4.78, 5) is 39.2. The van der Waals surface area contributed by atoms with Crippen molar-refractivity contribution in [1.82, 2.24) is 15.2 Å². The van der Waals surface area contributed by atoms with Crippen molar-refractivity contribution in [3.05, 3.63) is 30.1 Å². The third-order valence-corrected chi connectivity index (χ3v) is 2.60. The van der Waals surface area contributed by atoms with Gasteiger partial charge >= 0.3 is 6.03 Å². The van der Waals surface area contributed by atoms with E-state index in [4.69, 9.17) is 0 Å². The van der Waals surface area contributed by atoms with Crippen LogP contribution in [0, 0.1) is 0 Å². The zero-order chi connectivity index (χ0) is 12.4. The summed E-state index contributed by atoms with van der Waals surface area (Å²) in [5.41, 5.74) is 0.741. The first-order chi connectivity index (χ1) is 8.09. The number of nitrogens with one attached hydrogen (secondary N) is 1. The molecule has 1 saturated heterocycles. The summed E-state index contributed by atoms with van der Waals surface area (Å²) in [7, 11) is 0. The van der Waals surface area contributed by atoms with Gasteiger partial charge in [0.25, 0.3) is 0 Å². The Bertz CT molecular complexity index is 452. The Labute approximate surface area is 97.6 Å². The van der Waals surface area contributed by atoms with Gasteiger partial charge in [-0.15, -0.1) is 0 Å². The highest BCUT2D eigenvalue weighted by Crippen LogP contribution is 2.21. The average Bonchev–Trinajstić information content (AvgIpc) is 2.28. The maximum Gasteiger partial charge on any atom is 0.331 e. The number of nitrogens with zero attached hydrogens (tertiary/aromatic N) is 2. The quantitative estimate of drug-likeness (QED) is 0.759. The smallest absolute Gasteiger partial charge is 0.277 e. The maximum absolute atomic E-state index is 11.7. The van der Waals surface area contributed by atoms with Gasteiger partial charge in [0.15, 0.2) is 0 Å². The van der Waals surface area contributed by atoms with Crippen LogP contribution in [0.5, 0.6) is 0 Å². The van der Waals surface area contributed by atoms with Crippen LogP contribution in [0.15, 0.2) is 24.5 Å². The molecule has 0 spiro atoms. The third kappa shape index (κ3) is 2.15. The number of barbiturate groups is 1. The van der Waals surface area contributed by atoms with Gasteiger partial charge in [-0.25, -0.2) is 4.79 Å². The third-order valence-electron chi connectivity index (χ3n) is 2.60. The van der Waals surface area contributed by atoms with Crippen LogP contribution >= 0.6 is 0 Å². The fourth-order valence-corrected chi connectivity index (χ4v) is 1.72. The van der Waals surface area contributed by atoms with Crippen LogP contribution < -0.4 is 5.32 Å². The summed E-state index contributed by atoms with van der Waals surface area (Å²) in [6.45, 7) is 1.71. The first kappa shape index (κ1) is 11.3. The van der Waals surface area contributed by atoms with Gasteiger partial charge in [-0.3, -0.25) is 24.8 Å². The van der Waals surface area contributed by atoms with Gasteiger partial charge < -0.3 is 0 Å². The largest absolute Gasteiger partial charge is 0.331 e. The molecule has 1 atom stereocenters. The van der Waals surface area contributed by atoms with E-state index < -0.39 is 23.9 Å². The molecule has 1 aliphatic rings. The molecule has 0 aliphatic carbocycles. The van der Waals surface area contributed by atoms with Crippen molar-refractivity contribution in [3.63, 3.8) is 0 Å². The molecule has 0 aromatic carbocycles. The summed E-state index contributed by atoms with van der Waals surface area (Å²) in [6.07, 6.45) is 2.90. The molecule has 4 amide bonds. The maximum atomic E-state index is 11.7. The highest BCUT2D eigenvalue weighted by atomic mass is 16.2. The van der Waals surface area contributed by atoms with Crippen molar-refractivity contribution in [1.29, 1.82) is 0 Å². The van der Waals surface area contributed by atoms with Crippen LogP contribution in [-0.2, 0) is 9.59 Å². The predicted octanol–water partition coefficient (Wildman–Crippen LogP) is 0.611.